The summed E-state index contributed by atoms with van der Waals surface area (Å²) < 4.78 is 5.02. The lowest BCUT2D eigenvalue weighted by atomic mass is 9.99. The number of aliphatic carboxylic acids is 1. The van der Waals surface area contributed by atoms with Crippen LogP contribution in [-0.4, -0.2) is 24.5 Å². The minimum atomic E-state index is -0.984. The Balaban J connectivity index is 3.33. The Bertz CT molecular complexity index is 396. The van der Waals surface area contributed by atoms with Crippen molar-refractivity contribution >= 4 is 12.3 Å². The number of carbonyl (C=O) groups excluding carboxylic acids is 1. The highest BCUT2D eigenvalue weighted by atomic mass is 16.5. The number of carboxylic acid groups (broad SMARTS) is 1. The molecule has 1 rings (SSSR count). The maximum Gasteiger partial charge on any atom is 0.307 e. The molecule has 0 saturated heterocycles. The second kappa shape index (κ2) is 4.59. The van der Waals surface area contributed by atoms with Crippen LogP contribution in [0.2, 0.25) is 0 Å². The number of carbonyl (C=O) groups is 2. The lowest BCUT2D eigenvalue weighted by Crippen LogP contribution is -2.07. The van der Waals surface area contributed by atoms with E-state index in [9.17, 15) is 9.59 Å². The predicted molar refractivity (Wildman–Crippen MR) is 54.5 cm³/mol. The first-order chi connectivity index (χ1) is 7.10. The molecule has 4 nitrogen and oxygen atoms in total. The van der Waals surface area contributed by atoms with Crippen LogP contribution in [0, 0.1) is 6.92 Å². The molecule has 1 N–H and O–H groups in total. The molecule has 0 heterocycles. The van der Waals surface area contributed by atoms with Crippen molar-refractivity contribution in [1.82, 2.24) is 0 Å². The summed E-state index contributed by atoms with van der Waals surface area (Å²) >= 11 is 0. The lowest BCUT2D eigenvalue weighted by molar-refractivity contribution is -0.136. The van der Waals surface area contributed by atoms with Gasteiger partial charge in [-0.25, -0.2) is 0 Å². The number of hydrogen-bond donors (Lipinski definition) is 1. The minimum Gasteiger partial charge on any atom is -0.496 e. The van der Waals surface area contributed by atoms with Crippen LogP contribution < -0.4 is 4.74 Å². The van der Waals surface area contributed by atoms with Crippen molar-refractivity contribution in [3.63, 3.8) is 0 Å². The highest BCUT2D eigenvalue weighted by Gasteiger charge is 2.14. The van der Waals surface area contributed by atoms with E-state index >= 15 is 0 Å². The second-order valence-corrected chi connectivity index (χ2v) is 3.17. The van der Waals surface area contributed by atoms with Crippen LogP contribution in [0.4, 0.5) is 0 Å². The first-order valence-electron chi connectivity index (χ1n) is 4.43. The zero-order valence-electron chi connectivity index (χ0n) is 8.61. The molecule has 0 aliphatic carbocycles. The van der Waals surface area contributed by atoms with Gasteiger partial charge in [-0.1, -0.05) is 6.07 Å². The van der Waals surface area contributed by atoms with E-state index in [-0.39, 0.29) is 6.42 Å². The molecule has 15 heavy (non-hydrogen) atoms. The number of aldehydes is 1. The minimum absolute atomic E-state index is 0.209. The third-order valence-electron chi connectivity index (χ3n) is 2.20. The van der Waals surface area contributed by atoms with E-state index in [0.29, 0.717) is 23.2 Å². The molecule has 4 heteroatoms. The molecule has 0 spiro atoms. The highest BCUT2D eigenvalue weighted by Crippen LogP contribution is 2.24. The van der Waals surface area contributed by atoms with E-state index in [1.165, 1.54) is 7.11 Å². The first kappa shape index (κ1) is 11.2. The molecule has 0 fully saturated rings. The van der Waals surface area contributed by atoms with Gasteiger partial charge in [0.05, 0.1) is 13.5 Å². The third-order valence-corrected chi connectivity index (χ3v) is 2.20. The largest absolute Gasteiger partial charge is 0.496 e. The maximum atomic E-state index is 10.8. The average molecular weight is 208 g/mol. The Hall–Kier alpha value is -1.84. The van der Waals surface area contributed by atoms with Gasteiger partial charge in [0, 0.05) is 11.1 Å². The van der Waals surface area contributed by atoms with Gasteiger partial charge < -0.3 is 9.84 Å². The molecule has 0 bridgehead atoms. The topological polar surface area (TPSA) is 63.6 Å². The number of benzene rings is 1. The summed E-state index contributed by atoms with van der Waals surface area (Å²) in [5.74, 6) is -0.549. The normalized spacial score (nSPS) is 9.73. The quantitative estimate of drug-likeness (QED) is 0.760. The van der Waals surface area contributed by atoms with Crippen LogP contribution in [-0.2, 0) is 11.2 Å². The van der Waals surface area contributed by atoms with Crippen LogP contribution in [0.15, 0.2) is 12.1 Å². The molecule has 0 atom stereocenters. The molecule has 0 amide bonds. The van der Waals surface area contributed by atoms with Crippen molar-refractivity contribution in [2.24, 2.45) is 0 Å². The van der Waals surface area contributed by atoms with Gasteiger partial charge in [-0.3, -0.25) is 9.59 Å². The van der Waals surface area contributed by atoms with E-state index in [1.54, 1.807) is 19.1 Å². The van der Waals surface area contributed by atoms with Crippen LogP contribution in [0.1, 0.15) is 21.5 Å². The van der Waals surface area contributed by atoms with Crippen molar-refractivity contribution in [3.8, 4) is 5.75 Å². The summed E-state index contributed by atoms with van der Waals surface area (Å²) in [6.45, 7) is 1.76. The van der Waals surface area contributed by atoms with Gasteiger partial charge in [0.25, 0.3) is 0 Å². The molecule has 0 saturated carbocycles. The van der Waals surface area contributed by atoms with E-state index in [2.05, 4.69) is 0 Å². The molecule has 80 valence electrons. The number of rotatable bonds is 4. The third kappa shape index (κ3) is 2.34. The summed E-state index contributed by atoms with van der Waals surface area (Å²) in [4.78, 5) is 21.5. The standard InChI is InChI=1S/C11H12O4/c1-7-3-4-10(15-2)8(5-11(13)14)9(7)6-12/h3-4,6H,5H2,1-2H3,(H,13,14). The van der Waals surface area contributed by atoms with Gasteiger partial charge in [0.2, 0.25) is 0 Å². The van der Waals surface area contributed by atoms with Gasteiger partial charge in [-0.2, -0.15) is 0 Å². The van der Waals surface area contributed by atoms with Crippen molar-refractivity contribution in [2.45, 2.75) is 13.3 Å². The molecular weight excluding hydrogens is 196 g/mol. The zero-order valence-corrected chi connectivity index (χ0v) is 8.61. The van der Waals surface area contributed by atoms with E-state index < -0.39 is 5.97 Å². The van der Waals surface area contributed by atoms with Gasteiger partial charge >= 0.3 is 5.97 Å². The van der Waals surface area contributed by atoms with Crippen molar-refractivity contribution in [3.05, 3.63) is 28.8 Å². The molecule has 0 unspecified atom stereocenters. The summed E-state index contributed by atoms with van der Waals surface area (Å²) in [6.07, 6.45) is 0.453. The lowest BCUT2D eigenvalue weighted by Gasteiger charge is -2.10. The number of hydrogen-bond acceptors (Lipinski definition) is 3. The van der Waals surface area contributed by atoms with Crippen LogP contribution >= 0.6 is 0 Å². The maximum absolute atomic E-state index is 10.8. The fourth-order valence-corrected chi connectivity index (χ4v) is 1.45. The summed E-state index contributed by atoms with van der Waals surface area (Å²) in [6, 6.07) is 3.40. The SMILES string of the molecule is COc1ccc(C)c(C=O)c1CC(=O)O. The fourth-order valence-electron chi connectivity index (χ4n) is 1.45. The molecular formula is C11H12O4. The summed E-state index contributed by atoms with van der Waals surface area (Å²) in [5, 5.41) is 8.73. The Morgan fingerprint density at radius 1 is 1.53 bits per heavy atom. The second-order valence-electron chi connectivity index (χ2n) is 3.17. The summed E-state index contributed by atoms with van der Waals surface area (Å²) in [5.41, 5.74) is 1.58. The Morgan fingerprint density at radius 2 is 2.20 bits per heavy atom. The van der Waals surface area contributed by atoms with Crippen LogP contribution in [0.25, 0.3) is 0 Å². The molecule has 0 aliphatic heterocycles. The Labute approximate surface area is 87.5 Å². The first-order valence-corrected chi connectivity index (χ1v) is 4.43. The molecule has 0 radical (unpaired) electrons. The smallest absolute Gasteiger partial charge is 0.307 e. The van der Waals surface area contributed by atoms with Crippen LogP contribution in [0.3, 0.4) is 0 Å². The van der Waals surface area contributed by atoms with E-state index in [1.807, 2.05) is 0 Å². The van der Waals surface area contributed by atoms with Crippen molar-refractivity contribution < 1.29 is 19.4 Å². The van der Waals surface area contributed by atoms with Gasteiger partial charge in [-0.05, 0) is 18.6 Å². The van der Waals surface area contributed by atoms with Crippen molar-refractivity contribution in [2.75, 3.05) is 7.11 Å². The average Bonchev–Trinajstić information content (AvgIpc) is 2.18. The van der Waals surface area contributed by atoms with Crippen LogP contribution in [0.5, 0.6) is 5.75 Å². The predicted octanol–water partition coefficient (Wildman–Crippen LogP) is 1.44. The summed E-state index contributed by atoms with van der Waals surface area (Å²) in [7, 11) is 1.45. The van der Waals surface area contributed by atoms with E-state index in [0.717, 1.165) is 5.56 Å². The number of methoxy groups -OCH3 is 1. The van der Waals surface area contributed by atoms with E-state index in [4.69, 9.17) is 9.84 Å². The van der Waals surface area contributed by atoms with Gasteiger partial charge in [0.1, 0.15) is 5.75 Å². The zero-order chi connectivity index (χ0) is 11.4. The number of ether oxygens (including phenoxy) is 1. The monoisotopic (exact) mass is 208 g/mol. The molecule has 1 aromatic rings. The Morgan fingerprint density at radius 3 is 2.67 bits per heavy atom. The number of aryl methyl sites for hydroxylation is 1. The Kier molecular flexibility index (Phi) is 3.44. The van der Waals surface area contributed by atoms with Gasteiger partial charge in [0.15, 0.2) is 6.29 Å². The van der Waals surface area contributed by atoms with Gasteiger partial charge in [-0.15, -0.1) is 0 Å². The molecule has 1 aromatic carbocycles. The highest BCUT2D eigenvalue weighted by molar-refractivity contribution is 5.84. The fraction of sp³-hybridized carbons (Fsp3) is 0.273. The molecule has 0 aliphatic rings. The number of carboxylic acids is 1. The molecule has 0 aromatic heterocycles. The van der Waals surface area contributed by atoms with Crippen molar-refractivity contribution in [1.29, 1.82) is 0 Å².